The standard InChI is InChI=1S/C18H29N3O2/c1-13(2)17(22)10-18(23)20-16-7-9-21(11-14(16)3)12-15-6-4-5-8-19-15/h4-6,8,13-14,16-17,22H,7,9-12H2,1-3H3,(H,20,23). The number of nitrogens with zero attached hydrogens (tertiary/aromatic N) is 2. The van der Waals surface area contributed by atoms with Crippen molar-refractivity contribution in [2.75, 3.05) is 13.1 Å². The number of aliphatic hydroxyl groups is 1. The maximum absolute atomic E-state index is 12.0. The second-order valence-corrected chi connectivity index (χ2v) is 7.01. The zero-order chi connectivity index (χ0) is 16.8. The maximum Gasteiger partial charge on any atom is 0.222 e. The molecule has 3 atom stereocenters. The van der Waals surface area contributed by atoms with Crippen LogP contribution in [0.3, 0.4) is 0 Å². The predicted molar refractivity (Wildman–Crippen MR) is 90.7 cm³/mol. The summed E-state index contributed by atoms with van der Waals surface area (Å²) in [5.41, 5.74) is 1.09. The fourth-order valence-electron chi connectivity index (χ4n) is 3.00. The molecule has 128 valence electrons. The van der Waals surface area contributed by atoms with Crippen LogP contribution in [0.1, 0.15) is 39.3 Å². The van der Waals surface area contributed by atoms with Crippen molar-refractivity contribution in [1.82, 2.24) is 15.2 Å². The van der Waals surface area contributed by atoms with Crippen molar-refractivity contribution >= 4 is 5.91 Å². The number of piperidine rings is 1. The van der Waals surface area contributed by atoms with Crippen LogP contribution in [-0.2, 0) is 11.3 Å². The highest BCUT2D eigenvalue weighted by atomic mass is 16.3. The van der Waals surface area contributed by atoms with E-state index in [1.807, 2.05) is 38.2 Å². The van der Waals surface area contributed by atoms with Gasteiger partial charge in [-0.15, -0.1) is 0 Å². The molecule has 5 nitrogen and oxygen atoms in total. The Kier molecular flexibility index (Phi) is 6.54. The first-order valence-corrected chi connectivity index (χ1v) is 8.55. The maximum atomic E-state index is 12.0. The quantitative estimate of drug-likeness (QED) is 0.839. The molecule has 1 aromatic heterocycles. The molecule has 0 radical (unpaired) electrons. The minimum absolute atomic E-state index is 0.0405. The highest BCUT2D eigenvalue weighted by Gasteiger charge is 2.28. The van der Waals surface area contributed by atoms with Crippen molar-refractivity contribution in [1.29, 1.82) is 0 Å². The minimum atomic E-state index is -0.561. The van der Waals surface area contributed by atoms with Gasteiger partial charge in [0.2, 0.25) is 5.91 Å². The van der Waals surface area contributed by atoms with Crippen LogP contribution in [0, 0.1) is 11.8 Å². The molecule has 0 spiro atoms. The van der Waals surface area contributed by atoms with Gasteiger partial charge < -0.3 is 10.4 Å². The van der Waals surface area contributed by atoms with Crippen molar-refractivity contribution < 1.29 is 9.90 Å². The number of likely N-dealkylation sites (tertiary alicyclic amines) is 1. The van der Waals surface area contributed by atoms with Crippen LogP contribution in [0.15, 0.2) is 24.4 Å². The summed E-state index contributed by atoms with van der Waals surface area (Å²) in [6.45, 7) is 8.80. The van der Waals surface area contributed by atoms with E-state index in [9.17, 15) is 9.90 Å². The van der Waals surface area contributed by atoms with E-state index < -0.39 is 6.10 Å². The largest absolute Gasteiger partial charge is 0.392 e. The first kappa shape index (κ1) is 17.9. The molecule has 5 heteroatoms. The molecule has 1 aromatic rings. The van der Waals surface area contributed by atoms with Gasteiger partial charge in [-0.25, -0.2) is 0 Å². The first-order chi connectivity index (χ1) is 11.0. The fraction of sp³-hybridized carbons (Fsp3) is 0.667. The Morgan fingerprint density at radius 1 is 1.48 bits per heavy atom. The van der Waals surface area contributed by atoms with Gasteiger partial charge in [0, 0.05) is 31.9 Å². The minimum Gasteiger partial charge on any atom is -0.392 e. The number of carbonyl (C=O) groups is 1. The molecule has 0 aliphatic carbocycles. The molecule has 23 heavy (non-hydrogen) atoms. The summed E-state index contributed by atoms with van der Waals surface area (Å²) in [6.07, 6.45) is 2.40. The summed E-state index contributed by atoms with van der Waals surface area (Å²) in [4.78, 5) is 18.8. The number of pyridine rings is 1. The van der Waals surface area contributed by atoms with E-state index in [1.165, 1.54) is 0 Å². The number of aliphatic hydroxyl groups excluding tert-OH is 1. The van der Waals surface area contributed by atoms with Gasteiger partial charge in [-0.05, 0) is 30.4 Å². The highest BCUT2D eigenvalue weighted by molar-refractivity contribution is 5.76. The Morgan fingerprint density at radius 3 is 2.87 bits per heavy atom. The lowest BCUT2D eigenvalue weighted by atomic mass is 9.93. The molecule has 2 rings (SSSR count). The second-order valence-electron chi connectivity index (χ2n) is 7.01. The normalized spacial score (nSPS) is 23.7. The Bertz CT molecular complexity index is 492. The summed E-state index contributed by atoms with van der Waals surface area (Å²) in [5.74, 6) is 0.465. The van der Waals surface area contributed by atoms with Crippen molar-refractivity contribution in [2.45, 2.75) is 52.3 Å². The van der Waals surface area contributed by atoms with Crippen LogP contribution in [0.25, 0.3) is 0 Å². The summed E-state index contributed by atoms with van der Waals surface area (Å²) < 4.78 is 0. The van der Waals surface area contributed by atoms with Gasteiger partial charge in [-0.1, -0.05) is 26.8 Å². The molecule has 1 saturated heterocycles. The van der Waals surface area contributed by atoms with Crippen LogP contribution in [-0.4, -0.2) is 46.1 Å². The molecule has 0 aromatic carbocycles. The number of nitrogens with one attached hydrogen (secondary N) is 1. The Morgan fingerprint density at radius 2 is 2.26 bits per heavy atom. The number of hydrogen-bond acceptors (Lipinski definition) is 4. The topological polar surface area (TPSA) is 65.5 Å². The van der Waals surface area contributed by atoms with Crippen LogP contribution in [0.4, 0.5) is 0 Å². The molecule has 1 aliphatic heterocycles. The zero-order valence-electron chi connectivity index (χ0n) is 14.4. The third-order valence-electron chi connectivity index (χ3n) is 4.61. The number of carbonyl (C=O) groups excluding carboxylic acids is 1. The van der Waals surface area contributed by atoms with E-state index in [0.717, 1.165) is 31.7 Å². The van der Waals surface area contributed by atoms with E-state index in [4.69, 9.17) is 0 Å². The van der Waals surface area contributed by atoms with E-state index in [-0.39, 0.29) is 24.3 Å². The van der Waals surface area contributed by atoms with Gasteiger partial charge in [0.05, 0.1) is 18.2 Å². The van der Waals surface area contributed by atoms with E-state index in [0.29, 0.717) is 5.92 Å². The van der Waals surface area contributed by atoms with Gasteiger partial charge in [0.25, 0.3) is 0 Å². The number of aromatic nitrogens is 1. The Balaban J connectivity index is 1.78. The average molecular weight is 319 g/mol. The number of hydrogen-bond donors (Lipinski definition) is 2. The van der Waals surface area contributed by atoms with Crippen molar-refractivity contribution in [2.24, 2.45) is 11.8 Å². The summed E-state index contributed by atoms with van der Waals surface area (Å²) in [7, 11) is 0. The lowest BCUT2D eigenvalue weighted by molar-refractivity contribution is -0.125. The third kappa shape index (κ3) is 5.59. The highest BCUT2D eigenvalue weighted by Crippen LogP contribution is 2.19. The van der Waals surface area contributed by atoms with Crippen molar-refractivity contribution in [3.8, 4) is 0 Å². The SMILES string of the molecule is CC(C)C(O)CC(=O)NC1CCN(Cc2ccccn2)CC1C. The predicted octanol–water partition coefficient (Wildman–Crippen LogP) is 1.82. The van der Waals surface area contributed by atoms with E-state index >= 15 is 0 Å². The molecule has 2 N–H and O–H groups in total. The van der Waals surface area contributed by atoms with Crippen molar-refractivity contribution in [3.63, 3.8) is 0 Å². The summed E-state index contributed by atoms with van der Waals surface area (Å²) in [5, 5.41) is 12.9. The smallest absolute Gasteiger partial charge is 0.222 e. The number of amides is 1. The van der Waals surface area contributed by atoms with Crippen molar-refractivity contribution in [3.05, 3.63) is 30.1 Å². The van der Waals surface area contributed by atoms with Gasteiger partial charge in [-0.3, -0.25) is 14.7 Å². The molecule has 1 aliphatic rings. The molecule has 0 bridgehead atoms. The second kappa shape index (κ2) is 8.41. The molecule has 3 unspecified atom stereocenters. The third-order valence-corrected chi connectivity index (χ3v) is 4.61. The molecule has 1 amide bonds. The van der Waals surface area contributed by atoms with Crippen LogP contribution >= 0.6 is 0 Å². The Hall–Kier alpha value is -1.46. The van der Waals surface area contributed by atoms with Gasteiger partial charge >= 0.3 is 0 Å². The van der Waals surface area contributed by atoms with E-state index in [2.05, 4.69) is 22.1 Å². The summed E-state index contributed by atoms with van der Waals surface area (Å²) >= 11 is 0. The fourth-order valence-corrected chi connectivity index (χ4v) is 3.00. The first-order valence-electron chi connectivity index (χ1n) is 8.55. The molecular weight excluding hydrogens is 290 g/mol. The van der Waals surface area contributed by atoms with Gasteiger partial charge in [-0.2, -0.15) is 0 Å². The summed E-state index contributed by atoms with van der Waals surface area (Å²) in [6, 6.07) is 6.19. The molecular formula is C18H29N3O2. The molecule has 0 saturated carbocycles. The zero-order valence-corrected chi connectivity index (χ0v) is 14.4. The molecule has 1 fully saturated rings. The van der Waals surface area contributed by atoms with Crippen LogP contribution in [0.5, 0.6) is 0 Å². The lowest BCUT2D eigenvalue weighted by Gasteiger charge is -2.37. The van der Waals surface area contributed by atoms with Gasteiger partial charge in [0.1, 0.15) is 0 Å². The number of rotatable bonds is 6. The molecule has 2 heterocycles. The van der Waals surface area contributed by atoms with Crippen LogP contribution < -0.4 is 5.32 Å². The Labute approximate surface area is 139 Å². The average Bonchev–Trinajstić information content (AvgIpc) is 2.51. The lowest BCUT2D eigenvalue weighted by Crippen LogP contribution is -2.50. The van der Waals surface area contributed by atoms with E-state index in [1.54, 1.807) is 0 Å². The van der Waals surface area contributed by atoms with Crippen LogP contribution in [0.2, 0.25) is 0 Å². The monoisotopic (exact) mass is 319 g/mol. The van der Waals surface area contributed by atoms with Gasteiger partial charge in [0.15, 0.2) is 0 Å².